The van der Waals surface area contributed by atoms with Crippen LogP contribution in [-0.2, 0) is 11.2 Å². The first-order chi connectivity index (χ1) is 15.0. The van der Waals surface area contributed by atoms with Gasteiger partial charge >= 0.3 is 0 Å². The van der Waals surface area contributed by atoms with Crippen LogP contribution in [0.3, 0.4) is 0 Å². The molecule has 9 heteroatoms. The standard InChI is InChI=1S/C22H24N6O3/c1-3-17-14-20(26-22(24-17)16-4-6-18(7-5-16)28(29)30)25-19-8-9-21(23-15(19)2)27-10-12-31-13-11-27/h4-9,14H,3,10-13H2,1-2H3,(H,24,25,26). The van der Waals surface area contributed by atoms with Gasteiger partial charge in [-0.25, -0.2) is 15.0 Å². The van der Waals surface area contributed by atoms with Crippen molar-refractivity contribution in [2.45, 2.75) is 20.3 Å². The number of benzene rings is 1. The van der Waals surface area contributed by atoms with Gasteiger partial charge in [0.2, 0.25) is 0 Å². The van der Waals surface area contributed by atoms with Gasteiger partial charge in [-0.15, -0.1) is 0 Å². The average Bonchev–Trinajstić information content (AvgIpc) is 2.80. The number of rotatable bonds is 6. The van der Waals surface area contributed by atoms with Crippen LogP contribution < -0.4 is 10.2 Å². The van der Waals surface area contributed by atoms with E-state index in [0.29, 0.717) is 24.9 Å². The minimum Gasteiger partial charge on any atom is -0.378 e. The van der Waals surface area contributed by atoms with E-state index in [9.17, 15) is 10.1 Å². The molecule has 1 fully saturated rings. The van der Waals surface area contributed by atoms with E-state index in [4.69, 9.17) is 9.72 Å². The summed E-state index contributed by atoms with van der Waals surface area (Å²) in [7, 11) is 0. The van der Waals surface area contributed by atoms with Crippen molar-refractivity contribution in [3.8, 4) is 11.4 Å². The predicted molar refractivity (Wildman–Crippen MR) is 119 cm³/mol. The first-order valence-electron chi connectivity index (χ1n) is 10.2. The summed E-state index contributed by atoms with van der Waals surface area (Å²) in [5.41, 5.74) is 3.38. The number of anilines is 3. The number of aromatic nitrogens is 3. The molecular formula is C22H24N6O3. The van der Waals surface area contributed by atoms with E-state index in [1.54, 1.807) is 12.1 Å². The zero-order chi connectivity index (χ0) is 21.8. The Labute approximate surface area is 180 Å². The molecule has 0 aliphatic carbocycles. The summed E-state index contributed by atoms with van der Waals surface area (Å²) in [6.07, 6.45) is 0.740. The highest BCUT2D eigenvalue weighted by atomic mass is 16.6. The normalized spacial score (nSPS) is 13.8. The van der Waals surface area contributed by atoms with Gasteiger partial charge < -0.3 is 15.0 Å². The van der Waals surface area contributed by atoms with E-state index in [1.165, 1.54) is 12.1 Å². The summed E-state index contributed by atoms with van der Waals surface area (Å²) in [4.78, 5) is 26.7. The Hall–Kier alpha value is -3.59. The average molecular weight is 420 g/mol. The number of nitrogens with zero attached hydrogens (tertiary/aromatic N) is 5. The molecule has 2 aromatic heterocycles. The Morgan fingerprint density at radius 1 is 1.10 bits per heavy atom. The fourth-order valence-corrected chi connectivity index (χ4v) is 3.39. The van der Waals surface area contributed by atoms with E-state index in [-0.39, 0.29) is 5.69 Å². The van der Waals surface area contributed by atoms with Crippen LogP contribution in [0.25, 0.3) is 11.4 Å². The molecule has 0 atom stereocenters. The van der Waals surface area contributed by atoms with Crippen LogP contribution in [0.4, 0.5) is 23.0 Å². The number of hydrogen-bond acceptors (Lipinski definition) is 8. The maximum atomic E-state index is 10.9. The quantitative estimate of drug-likeness (QED) is 0.473. The molecule has 9 nitrogen and oxygen atoms in total. The topological polar surface area (TPSA) is 106 Å². The Morgan fingerprint density at radius 3 is 2.48 bits per heavy atom. The van der Waals surface area contributed by atoms with Crippen molar-refractivity contribution >= 4 is 23.0 Å². The van der Waals surface area contributed by atoms with Crippen LogP contribution in [0.5, 0.6) is 0 Å². The highest BCUT2D eigenvalue weighted by Gasteiger charge is 2.14. The van der Waals surface area contributed by atoms with Crippen molar-refractivity contribution in [3.63, 3.8) is 0 Å². The molecule has 31 heavy (non-hydrogen) atoms. The van der Waals surface area contributed by atoms with Crippen LogP contribution in [0.2, 0.25) is 0 Å². The number of nitrogens with one attached hydrogen (secondary N) is 1. The van der Waals surface area contributed by atoms with Gasteiger partial charge in [0.25, 0.3) is 5.69 Å². The number of morpholine rings is 1. The van der Waals surface area contributed by atoms with Crippen LogP contribution in [0, 0.1) is 17.0 Å². The van der Waals surface area contributed by atoms with Gasteiger partial charge in [0, 0.05) is 42.5 Å². The summed E-state index contributed by atoms with van der Waals surface area (Å²) in [6, 6.07) is 12.2. The van der Waals surface area contributed by atoms with Gasteiger partial charge in [-0.2, -0.15) is 0 Å². The lowest BCUT2D eigenvalue weighted by Gasteiger charge is -2.28. The molecule has 1 saturated heterocycles. The van der Waals surface area contributed by atoms with E-state index in [0.717, 1.165) is 48.0 Å². The Morgan fingerprint density at radius 2 is 1.84 bits per heavy atom. The number of nitro benzene ring substituents is 1. The molecule has 1 aliphatic rings. The summed E-state index contributed by atoms with van der Waals surface area (Å²) in [5.74, 6) is 2.12. The van der Waals surface area contributed by atoms with Crippen molar-refractivity contribution in [2.24, 2.45) is 0 Å². The molecule has 3 heterocycles. The van der Waals surface area contributed by atoms with Crippen molar-refractivity contribution < 1.29 is 9.66 Å². The van der Waals surface area contributed by atoms with E-state index in [2.05, 4.69) is 20.2 Å². The lowest BCUT2D eigenvalue weighted by atomic mass is 10.2. The van der Waals surface area contributed by atoms with Gasteiger partial charge in [-0.1, -0.05) is 6.92 Å². The van der Waals surface area contributed by atoms with Crippen molar-refractivity contribution in [2.75, 3.05) is 36.5 Å². The third-order valence-corrected chi connectivity index (χ3v) is 5.15. The summed E-state index contributed by atoms with van der Waals surface area (Å²) >= 11 is 0. The second-order valence-electron chi connectivity index (χ2n) is 7.25. The fourth-order valence-electron chi connectivity index (χ4n) is 3.39. The minimum absolute atomic E-state index is 0.0378. The number of ether oxygens (including phenoxy) is 1. The molecule has 0 radical (unpaired) electrons. The number of nitro groups is 1. The van der Waals surface area contributed by atoms with E-state index in [1.807, 2.05) is 32.0 Å². The van der Waals surface area contributed by atoms with Gasteiger partial charge in [0.15, 0.2) is 5.82 Å². The van der Waals surface area contributed by atoms with Crippen molar-refractivity contribution in [1.29, 1.82) is 0 Å². The van der Waals surface area contributed by atoms with Gasteiger partial charge in [-0.05, 0) is 37.6 Å². The first kappa shape index (κ1) is 20.7. The maximum Gasteiger partial charge on any atom is 0.269 e. The molecule has 0 bridgehead atoms. The monoisotopic (exact) mass is 420 g/mol. The third kappa shape index (κ3) is 4.77. The van der Waals surface area contributed by atoms with Crippen LogP contribution in [-0.4, -0.2) is 46.2 Å². The van der Waals surface area contributed by atoms with Crippen LogP contribution >= 0.6 is 0 Å². The van der Waals surface area contributed by atoms with Crippen LogP contribution in [0.1, 0.15) is 18.3 Å². The van der Waals surface area contributed by atoms with Crippen molar-refractivity contribution in [1.82, 2.24) is 15.0 Å². The van der Waals surface area contributed by atoms with Gasteiger partial charge in [-0.3, -0.25) is 10.1 Å². The lowest BCUT2D eigenvalue weighted by Crippen LogP contribution is -2.36. The Balaban J connectivity index is 1.59. The molecule has 1 aromatic carbocycles. The zero-order valence-electron chi connectivity index (χ0n) is 17.5. The molecule has 4 rings (SSSR count). The fraction of sp³-hybridized carbons (Fsp3) is 0.318. The number of aryl methyl sites for hydroxylation is 2. The number of non-ortho nitro benzene ring substituents is 1. The largest absolute Gasteiger partial charge is 0.378 e. The molecule has 0 saturated carbocycles. The van der Waals surface area contributed by atoms with Gasteiger partial charge in [0.1, 0.15) is 11.6 Å². The zero-order valence-corrected chi connectivity index (χ0v) is 17.5. The van der Waals surface area contributed by atoms with Gasteiger partial charge in [0.05, 0.1) is 29.5 Å². The molecule has 3 aromatic rings. The molecule has 0 spiro atoms. The molecular weight excluding hydrogens is 396 g/mol. The first-order valence-corrected chi connectivity index (χ1v) is 10.2. The molecule has 160 valence electrons. The Bertz CT molecular complexity index is 1080. The highest BCUT2D eigenvalue weighted by molar-refractivity contribution is 5.65. The van der Waals surface area contributed by atoms with E-state index < -0.39 is 4.92 Å². The van der Waals surface area contributed by atoms with Crippen molar-refractivity contribution in [3.05, 3.63) is 64.0 Å². The molecule has 1 N–H and O–H groups in total. The summed E-state index contributed by atoms with van der Waals surface area (Å²) in [6.45, 7) is 7.09. The summed E-state index contributed by atoms with van der Waals surface area (Å²) in [5, 5.41) is 14.3. The Kier molecular flexibility index (Phi) is 6.03. The maximum absolute atomic E-state index is 10.9. The molecule has 0 unspecified atom stereocenters. The SMILES string of the molecule is CCc1cc(Nc2ccc(N3CCOCC3)nc2C)nc(-c2ccc([N+](=O)[O-])cc2)n1. The third-order valence-electron chi connectivity index (χ3n) is 5.15. The molecule has 0 amide bonds. The highest BCUT2D eigenvalue weighted by Crippen LogP contribution is 2.25. The number of pyridine rings is 1. The summed E-state index contributed by atoms with van der Waals surface area (Å²) < 4.78 is 5.41. The van der Waals surface area contributed by atoms with Crippen LogP contribution in [0.15, 0.2) is 42.5 Å². The predicted octanol–water partition coefficient (Wildman–Crippen LogP) is 3.90. The number of hydrogen-bond donors (Lipinski definition) is 1. The lowest BCUT2D eigenvalue weighted by molar-refractivity contribution is -0.384. The van der Waals surface area contributed by atoms with E-state index >= 15 is 0 Å². The smallest absolute Gasteiger partial charge is 0.269 e. The second-order valence-corrected chi connectivity index (χ2v) is 7.25. The molecule has 1 aliphatic heterocycles. The minimum atomic E-state index is -0.420. The second kappa shape index (κ2) is 9.05.